The number of allylic oxidation sites excluding steroid dienone is 5. The third kappa shape index (κ3) is 2.88. The van der Waals surface area contributed by atoms with Crippen LogP contribution in [0.5, 0.6) is 0 Å². The number of nitrogens with zero attached hydrogens (tertiary/aromatic N) is 2. The van der Waals surface area contributed by atoms with Crippen molar-refractivity contribution in [2.45, 2.75) is 25.7 Å². The number of rotatable bonds is 3. The fraction of sp³-hybridized carbons (Fsp3) is 0.308. The van der Waals surface area contributed by atoms with Crippen LogP contribution in [-0.4, -0.2) is 28.2 Å². The molecule has 0 spiro atoms. The predicted octanol–water partition coefficient (Wildman–Crippen LogP) is 5.80. The second-order valence-corrected chi connectivity index (χ2v) is 8.74. The minimum absolute atomic E-state index is 0.00543. The van der Waals surface area contributed by atoms with Gasteiger partial charge >= 0.3 is 0 Å². The summed E-state index contributed by atoms with van der Waals surface area (Å²) in [6, 6.07) is 15.9. The van der Waals surface area contributed by atoms with Crippen LogP contribution in [0.4, 0.5) is 11.4 Å². The predicted molar refractivity (Wildman–Crippen MR) is 122 cm³/mol. The lowest BCUT2D eigenvalue weighted by Gasteiger charge is -2.39. The molecule has 2 heteroatoms. The third-order valence-electron chi connectivity index (χ3n) is 6.11. The molecule has 0 fully saturated rings. The van der Waals surface area contributed by atoms with Gasteiger partial charge in [0.25, 0.3) is 0 Å². The molecule has 2 aromatic carbocycles. The molecule has 0 aliphatic heterocycles. The van der Waals surface area contributed by atoms with Crippen LogP contribution in [0.1, 0.15) is 37.0 Å². The molecule has 144 valence electrons. The van der Waals surface area contributed by atoms with E-state index in [9.17, 15) is 0 Å². The fourth-order valence-electron chi connectivity index (χ4n) is 4.45. The Balaban J connectivity index is 1.98. The van der Waals surface area contributed by atoms with Gasteiger partial charge in [0.15, 0.2) is 0 Å². The summed E-state index contributed by atoms with van der Waals surface area (Å²) in [6.45, 7) is 4.73. The van der Waals surface area contributed by atoms with Gasteiger partial charge in [-0.2, -0.15) is 0 Å². The Morgan fingerprint density at radius 3 is 2.11 bits per heavy atom. The highest BCUT2D eigenvalue weighted by molar-refractivity contribution is 5.92. The highest BCUT2D eigenvalue weighted by atomic mass is 15.1. The molecule has 0 radical (unpaired) electrons. The average Bonchev–Trinajstić information content (AvgIpc) is 2.68. The van der Waals surface area contributed by atoms with Gasteiger partial charge in [-0.25, -0.2) is 0 Å². The van der Waals surface area contributed by atoms with E-state index in [2.05, 4.69) is 113 Å². The maximum atomic E-state index is 2.41. The van der Waals surface area contributed by atoms with Crippen LogP contribution in [0.3, 0.4) is 0 Å². The number of hydrogen-bond donors (Lipinski definition) is 0. The Bertz CT molecular complexity index is 999. The molecule has 0 atom stereocenters. The van der Waals surface area contributed by atoms with E-state index in [1.165, 1.54) is 44.8 Å². The largest absolute Gasteiger partial charge is 0.378 e. The molecule has 0 aromatic heterocycles. The summed E-state index contributed by atoms with van der Waals surface area (Å²) in [6.07, 6.45) is 8.03. The normalized spacial score (nSPS) is 17.0. The first-order valence-electron chi connectivity index (χ1n) is 10.0. The zero-order chi connectivity index (χ0) is 20.1. The summed E-state index contributed by atoms with van der Waals surface area (Å²) in [5.74, 6) is 0. The molecule has 0 saturated carbocycles. The lowest BCUT2D eigenvalue weighted by Crippen LogP contribution is -2.28. The van der Waals surface area contributed by atoms with Gasteiger partial charge in [-0.05, 0) is 64.1 Å². The Hall–Kier alpha value is -2.74. The van der Waals surface area contributed by atoms with Crippen molar-refractivity contribution in [2.24, 2.45) is 0 Å². The lowest BCUT2D eigenvalue weighted by atomic mass is 9.64. The van der Waals surface area contributed by atoms with Crippen LogP contribution in [0.2, 0.25) is 0 Å². The number of hydrogen-bond acceptors (Lipinski definition) is 2. The van der Waals surface area contributed by atoms with Crippen molar-refractivity contribution in [1.82, 2.24) is 0 Å². The van der Waals surface area contributed by atoms with Crippen molar-refractivity contribution >= 4 is 16.9 Å². The van der Waals surface area contributed by atoms with Crippen molar-refractivity contribution in [2.75, 3.05) is 38.0 Å². The summed E-state index contributed by atoms with van der Waals surface area (Å²) in [7, 11) is 8.40. The van der Waals surface area contributed by atoms with Crippen LogP contribution < -0.4 is 9.80 Å². The topological polar surface area (TPSA) is 6.48 Å². The molecule has 0 unspecified atom stereocenters. The van der Waals surface area contributed by atoms with Crippen LogP contribution in [0.15, 0.2) is 71.8 Å². The third-order valence-corrected chi connectivity index (χ3v) is 6.11. The molecule has 0 N–H and O–H groups in total. The molecule has 0 heterocycles. The van der Waals surface area contributed by atoms with Crippen LogP contribution in [0, 0.1) is 0 Å². The highest BCUT2D eigenvalue weighted by Gasteiger charge is 2.37. The maximum absolute atomic E-state index is 2.41. The van der Waals surface area contributed by atoms with Crippen LogP contribution in [0.25, 0.3) is 5.57 Å². The summed E-state index contributed by atoms with van der Waals surface area (Å²) >= 11 is 0. The van der Waals surface area contributed by atoms with E-state index in [-0.39, 0.29) is 5.41 Å². The first-order valence-corrected chi connectivity index (χ1v) is 10.0. The molecule has 2 aliphatic carbocycles. The standard InChI is InChI=1S/C26H30N2/c1-26(2)23-10-8-7-9-21(23)25(18-11-13-19(14-12-18)27(3)4)22-16-15-20(28(5)6)17-24(22)26/h7,9-17H,8H2,1-6H3. The number of anilines is 2. The first-order chi connectivity index (χ1) is 13.3. The van der Waals surface area contributed by atoms with E-state index < -0.39 is 0 Å². The van der Waals surface area contributed by atoms with Crippen LogP contribution in [-0.2, 0) is 5.41 Å². The second kappa shape index (κ2) is 6.70. The van der Waals surface area contributed by atoms with Gasteiger partial charge in [-0.1, -0.05) is 50.3 Å². The smallest absolute Gasteiger partial charge is 0.0364 e. The second-order valence-electron chi connectivity index (χ2n) is 8.74. The van der Waals surface area contributed by atoms with E-state index in [0.717, 1.165) is 6.42 Å². The van der Waals surface area contributed by atoms with Gasteiger partial charge in [0.2, 0.25) is 0 Å². The molecule has 0 amide bonds. The zero-order valence-corrected chi connectivity index (χ0v) is 17.9. The zero-order valence-electron chi connectivity index (χ0n) is 17.9. The highest BCUT2D eigenvalue weighted by Crippen LogP contribution is 2.50. The van der Waals surface area contributed by atoms with Crippen molar-refractivity contribution in [3.05, 3.63) is 88.5 Å². The Morgan fingerprint density at radius 1 is 0.821 bits per heavy atom. The van der Waals surface area contributed by atoms with Crippen molar-refractivity contribution in [3.8, 4) is 0 Å². The molecule has 4 rings (SSSR count). The minimum atomic E-state index is -0.00543. The van der Waals surface area contributed by atoms with Gasteiger partial charge in [-0.15, -0.1) is 0 Å². The van der Waals surface area contributed by atoms with E-state index in [1.54, 1.807) is 0 Å². The Kier molecular flexibility index (Phi) is 4.45. The molecule has 0 saturated heterocycles. The lowest BCUT2D eigenvalue weighted by molar-refractivity contribution is 0.622. The molecule has 0 bridgehead atoms. The van der Waals surface area contributed by atoms with Gasteiger partial charge in [-0.3, -0.25) is 0 Å². The van der Waals surface area contributed by atoms with E-state index in [0.29, 0.717) is 0 Å². The minimum Gasteiger partial charge on any atom is -0.378 e. The fourth-order valence-corrected chi connectivity index (χ4v) is 4.45. The molecule has 2 aliphatic rings. The van der Waals surface area contributed by atoms with E-state index >= 15 is 0 Å². The van der Waals surface area contributed by atoms with Gasteiger partial charge in [0, 0.05) is 45.0 Å². The van der Waals surface area contributed by atoms with Gasteiger partial charge < -0.3 is 9.80 Å². The number of benzene rings is 2. The van der Waals surface area contributed by atoms with Crippen LogP contribution >= 0.6 is 0 Å². The van der Waals surface area contributed by atoms with Crippen molar-refractivity contribution in [3.63, 3.8) is 0 Å². The summed E-state index contributed by atoms with van der Waals surface area (Å²) < 4.78 is 0. The van der Waals surface area contributed by atoms with E-state index in [4.69, 9.17) is 0 Å². The monoisotopic (exact) mass is 370 g/mol. The molecule has 28 heavy (non-hydrogen) atoms. The summed E-state index contributed by atoms with van der Waals surface area (Å²) in [5, 5.41) is 0. The maximum Gasteiger partial charge on any atom is 0.0364 e. The van der Waals surface area contributed by atoms with Gasteiger partial charge in [0.05, 0.1) is 0 Å². The summed E-state index contributed by atoms with van der Waals surface area (Å²) in [4.78, 5) is 4.34. The quantitative estimate of drug-likeness (QED) is 0.674. The first kappa shape index (κ1) is 18.6. The molecule has 2 nitrogen and oxygen atoms in total. The van der Waals surface area contributed by atoms with E-state index in [1.807, 2.05) is 0 Å². The molecular formula is C26H30N2. The Morgan fingerprint density at radius 2 is 1.46 bits per heavy atom. The van der Waals surface area contributed by atoms with Crippen molar-refractivity contribution in [1.29, 1.82) is 0 Å². The number of fused-ring (bicyclic) bond motifs is 2. The average molecular weight is 371 g/mol. The Labute approximate surface area is 169 Å². The molecular weight excluding hydrogens is 340 g/mol. The SMILES string of the molecule is CN(C)c1ccc(C2=C3C=CCC=C3C(C)(C)c3cc(N(C)C)ccc32)cc1. The molecule has 2 aromatic rings. The van der Waals surface area contributed by atoms with Gasteiger partial charge in [0.1, 0.15) is 0 Å². The summed E-state index contributed by atoms with van der Waals surface area (Å²) in [5.41, 5.74) is 10.7. The van der Waals surface area contributed by atoms with Crippen molar-refractivity contribution < 1.29 is 0 Å².